The zero-order chi connectivity index (χ0) is 15.1. The average molecular weight is 283 g/mol. The van der Waals surface area contributed by atoms with Gasteiger partial charge in [0, 0.05) is 30.8 Å². The molecular weight excluding hydrogens is 266 g/mol. The molecule has 0 heterocycles. The third kappa shape index (κ3) is 4.56. The lowest BCUT2D eigenvalue weighted by Gasteiger charge is -2.13. The lowest BCUT2D eigenvalue weighted by atomic mass is 10.1. The fraction of sp³-hybridized carbons (Fsp3) is 0.500. The molecule has 110 valence electrons. The van der Waals surface area contributed by atoms with Crippen LogP contribution in [0.15, 0.2) is 18.2 Å². The summed E-state index contributed by atoms with van der Waals surface area (Å²) >= 11 is 0. The van der Waals surface area contributed by atoms with E-state index in [0.29, 0.717) is 18.8 Å². The summed E-state index contributed by atoms with van der Waals surface area (Å²) < 4.78 is 5.23. The van der Waals surface area contributed by atoms with E-state index in [1.54, 1.807) is 0 Å². The van der Waals surface area contributed by atoms with Gasteiger partial charge in [0.15, 0.2) is 0 Å². The Balaban J connectivity index is 2.79. The molecule has 1 aromatic carbocycles. The number of nitro benzene ring substituents is 2. The van der Waals surface area contributed by atoms with Crippen molar-refractivity contribution in [2.75, 3.05) is 13.2 Å². The van der Waals surface area contributed by atoms with Gasteiger partial charge < -0.3 is 10.1 Å². The Morgan fingerprint density at radius 1 is 1.30 bits per heavy atom. The van der Waals surface area contributed by atoms with Crippen LogP contribution in [-0.2, 0) is 11.3 Å². The van der Waals surface area contributed by atoms with Gasteiger partial charge in [-0.2, -0.15) is 0 Å². The molecule has 8 heteroatoms. The van der Waals surface area contributed by atoms with E-state index < -0.39 is 9.85 Å². The van der Waals surface area contributed by atoms with Crippen molar-refractivity contribution in [3.05, 3.63) is 44.0 Å². The molecule has 0 spiro atoms. The summed E-state index contributed by atoms with van der Waals surface area (Å²) in [6.07, 6.45) is 0. The smallest absolute Gasteiger partial charge is 0.280 e. The van der Waals surface area contributed by atoms with Crippen molar-refractivity contribution < 1.29 is 14.6 Å². The van der Waals surface area contributed by atoms with E-state index in [2.05, 4.69) is 5.32 Å². The van der Waals surface area contributed by atoms with E-state index in [4.69, 9.17) is 4.74 Å². The zero-order valence-corrected chi connectivity index (χ0v) is 11.4. The number of nitrogens with one attached hydrogen (secondary N) is 1. The Morgan fingerprint density at radius 3 is 2.55 bits per heavy atom. The topological polar surface area (TPSA) is 108 Å². The summed E-state index contributed by atoms with van der Waals surface area (Å²) in [6.45, 7) is 5.13. The van der Waals surface area contributed by atoms with Gasteiger partial charge in [0.2, 0.25) is 0 Å². The van der Waals surface area contributed by atoms with E-state index in [-0.39, 0.29) is 24.0 Å². The molecule has 0 aliphatic heterocycles. The van der Waals surface area contributed by atoms with E-state index >= 15 is 0 Å². The zero-order valence-electron chi connectivity index (χ0n) is 11.4. The number of hydrogen-bond acceptors (Lipinski definition) is 6. The van der Waals surface area contributed by atoms with Crippen LogP contribution < -0.4 is 5.32 Å². The number of rotatable bonds is 8. The van der Waals surface area contributed by atoms with Gasteiger partial charge >= 0.3 is 0 Å². The molecular formula is C12H17N3O5. The molecule has 0 aromatic heterocycles. The molecule has 1 atom stereocenters. The van der Waals surface area contributed by atoms with Gasteiger partial charge in [-0.05, 0) is 19.9 Å². The number of non-ortho nitro benzene ring substituents is 1. The third-order valence-corrected chi connectivity index (χ3v) is 2.69. The van der Waals surface area contributed by atoms with Crippen molar-refractivity contribution in [3.8, 4) is 0 Å². The van der Waals surface area contributed by atoms with Gasteiger partial charge in [-0.25, -0.2) is 0 Å². The second kappa shape index (κ2) is 7.51. The second-order valence-electron chi connectivity index (χ2n) is 4.27. The monoisotopic (exact) mass is 283 g/mol. The van der Waals surface area contributed by atoms with Crippen LogP contribution in [-0.4, -0.2) is 29.1 Å². The summed E-state index contributed by atoms with van der Waals surface area (Å²) in [6, 6.07) is 3.67. The van der Waals surface area contributed by atoms with Crippen LogP contribution in [0.4, 0.5) is 11.4 Å². The first-order valence-electron chi connectivity index (χ1n) is 6.18. The molecule has 0 aliphatic carbocycles. The number of benzene rings is 1. The van der Waals surface area contributed by atoms with E-state index in [0.717, 1.165) is 6.07 Å². The van der Waals surface area contributed by atoms with Crippen molar-refractivity contribution in [2.24, 2.45) is 0 Å². The highest BCUT2D eigenvalue weighted by Crippen LogP contribution is 2.24. The van der Waals surface area contributed by atoms with E-state index in [1.807, 2.05) is 13.8 Å². The number of ether oxygens (including phenoxy) is 1. The molecule has 1 rings (SSSR count). The van der Waals surface area contributed by atoms with Crippen LogP contribution in [0.25, 0.3) is 0 Å². The van der Waals surface area contributed by atoms with Crippen molar-refractivity contribution in [2.45, 2.75) is 26.4 Å². The molecule has 0 aliphatic rings. The highest BCUT2D eigenvalue weighted by molar-refractivity contribution is 5.49. The Morgan fingerprint density at radius 2 is 2.00 bits per heavy atom. The summed E-state index contributed by atoms with van der Waals surface area (Å²) in [5.74, 6) is 0. The first-order chi connectivity index (χ1) is 9.45. The van der Waals surface area contributed by atoms with Crippen molar-refractivity contribution in [3.63, 3.8) is 0 Å². The van der Waals surface area contributed by atoms with Gasteiger partial charge in [0.1, 0.15) is 0 Å². The molecule has 0 amide bonds. The van der Waals surface area contributed by atoms with Crippen LogP contribution in [0, 0.1) is 20.2 Å². The molecule has 0 saturated heterocycles. The summed E-state index contributed by atoms with van der Waals surface area (Å²) in [5.41, 5.74) is -0.137. The molecule has 1 aromatic rings. The Labute approximate surface area is 116 Å². The fourth-order valence-corrected chi connectivity index (χ4v) is 1.62. The fourth-order valence-electron chi connectivity index (χ4n) is 1.62. The molecule has 1 N–H and O–H groups in total. The maximum atomic E-state index is 10.9. The third-order valence-electron chi connectivity index (χ3n) is 2.69. The molecule has 8 nitrogen and oxygen atoms in total. The molecule has 1 unspecified atom stereocenters. The van der Waals surface area contributed by atoms with Crippen LogP contribution >= 0.6 is 0 Å². The minimum absolute atomic E-state index is 0.0322. The first kappa shape index (κ1) is 16.0. The van der Waals surface area contributed by atoms with Crippen molar-refractivity contribution in [1.29, 1.82) is 0 Å². The Bertz CT molecular complexity index is 492. The minimum Gasteiger partial charge on any atom is -0.380 e. The molecule has 0 fully saturated rings. The standard InChI is InChI=1S/C12H17N3O5/c1-3-20-8-9(2)13-7-10-4-5-11(14(16)17)6-12(10)15(18)19/h4-6,9,13H,3,7-8H2,1-2H3. The van der Waals surface area contributed by atoms with Crippen LogP contribution in [0.5, 0.6) is 0 Å². The first-order valence-corrected chi connectivity index (χ1v) is 6.18. The summed E-state index contributed by atoms with van der Waals surface area (Å²) in [5, 5.41) is 24.6. The van der Waals surface area contributed by atoms with Gasteiger partial charge in [0.25, 0.3) is 11.4 Å². The largest absolute Gasteiger partial charge is 0.380 e. The lowest BCUT2D eigenvalue weighted by molar-refractivity contribution is -0.394. The number of nitrogens with zero attached hydrogens (tertiary/aromatic N) is 2. The van der Waals surface area contributed by atoms with Crippen LogP contribution in [0.3, 0.4) is 0 Å². The normalized spacial score (nSPS) is 12.1. The SMILES string of the molecule is CCOCC(C)NCc1ccc([N+](=O)[O-])cc1[N+](=O)[O-]. The highest BCUT2D eigenvalue weighted by Gasteiger charge is 2.19. The van der Waals surface area contributed by atoms with Crippen LogP contribution in [0.1, 0.15) is 19.4 Å². The molecule has 0 bridgehead atoms. The van der Waals surface area contributed by atoms with Crippen molar-refractivity contribution in [1.82, 2.24) is 5.32 Å². The Kier molecular flexibility index (Phi) is 6.01. The quantitative estimate of drug-likeness (QED) is 0.577. The minimum atomic E-state index is -0.651. The summed E-state index contributed by atoms with van der Waals surface area (Å²) in [4.78, 5) is 20.3. The predicted molar refractivity (Wildman–Crippen MR) is 72.5 cm³/mol. The van der Waals surface area contributed by atoms with Gasteiger partial charge in [-0.15, -0.1) is 0 Å². The predicted octanol–water partition coefficient (Wildman–Crippen LogP) is 2.02. The maximum Gasteiger partial charge on any atom is 0.280 e. The molecule has 0 radical (unpaired) electrons. The highest BCUT2D eigenvalue weighted by atomic mass is 16.6. The van der Waals surface area contributed by atoms with E-state index in [9.17, 15) is 20.2 Å². The molecule has 20 heavy (non-hydrogen) atoms. The average Bonchev–Trinajstić information content (AvgIpc) is 2.42. The van der Waals surface area contributed by atoms with Crippen molar-refractivity contribution >= 4 is 11.4 Å². The summed E-state index contributed by atoms with van der Waals surface area (Å²) in [7, 11) is 0. The lowest BCUT2D eigenvalue weighted by Crippen LogP contribution is -2.30. The molecule has 0 saturated carbocycles. The van der Waals surface area contributed by atoms with Gasteiger partial charge in [-0.1, -0.05) is 0 Å². The number of hydrogen-bond donors (Lipinski definition) is 1. The maximum absolute atomic E-state index is 10.9. The van der Waals surface area contributed by atoms with Crippen LogP contribution in [0.2, 0.25) is 0 Å². The van der Waals surface area contributed by atoms with Gasteiger partial charge in [0.05, 0.1) is 22.5 Å². The number of nitro groups is 2. The van der Waals surface area contributed by atoms with E-state index in [1.165, 1.54) is 12.1 Å². The Hall–Kier alpha value is -2.06. The second-order valence-corrected chi connectivity index (χ2v) is 4.27. The van der Waals surface area contributed by atoms with Gasteiger partial charge in [-0.3, -0.25) is 20.2 Å².